The number of pyridine rings is 1. The van der Waals surface area contributed by atoms with Gasteiger partial charge in [0.05, 0.1) is 24.1 Å². The molecule has 1 atom stereocenters. The highest BCUT2D eigenvalue weighted by atomic mass is 19.1. The van der Waals surface area contributed by atoms with E-state index in [9.17, 15) is 18.4 Å². The van der Waals surface area contributed by atoms with E-state index < -0.39 is 29.1 Å². The lowest BCUT2D eigenvalue weighted by Crippen LogP contribution is -2.30. The topological polar surface area (TPSA) is 85.8 Å². The quantitative estimate of drug-likeness (QED) is 0.735. The largest absolute Gasteiger partial charge is 0.349 e. The molecule has 140 valence electrons. The fourth-order valence-electron chi connectivity index (χ4n) is 2.85. The molecule has 0 radical (unpaired) electrons. The molecule has 0 bridgehead atoms. The van der Waals surface area contributed by atoms with E-state index in [4.69, 9.17) is 5.26 Å². The maximum Gasteiger partial charge on any atom is 0.252 e. The van der Waals surface area contributed by atoms with Crippen molar-refractivity contribution in [3.63, 3.8) is 0 Å². The molecule has 5 nitrogen and oxygen atoms in total. The number of hydrogen-bond acceptors (Lipinski definition) is 3. The van der Waals surface area contributed by atoms with Gasteiger partial charge in [0.2, 0.25) is 5.91 Å². The second-order valence-corrected chi connectivity index (χ2v) is 6.17. The summed E-state index contributed by atoms with van der Waals surface area (Å²) in [7, 11) is 0. The highest BCUT2D eigenvalue weighted by Gasteiger charge is 2.16. The van der Waals surface area contributed by atoms with Crippen molar-refractivity contribution >= 4 is 16.8 Å². The summed E-state index contributed by atoms with van der Waals surface area (Å²) in [6, 6.07) is 10.8. The molecule has 7 heteroatoms. The first-order chi connectivity index (χ1) is 12.9. The van der Waals surface area contributed by atoms with Gasteiger partial charge >= 0.3 is 0 Å². The monoisotopic (exact) mass is 371 g/mol. The van der Waals surface area contributed by atoms with Gasteiger partial charge in [-0.2, -0.15) is 5.26 Å². The van der Waals surface area contributed by atoms with Crippen LogP contribution in [0.25, 0.3) is 10.9 Å². The minimum atomic E-state index is -0.754. The molecule has 0 unspecified atom stereocenters. The van der Waals surface area contributed by atoms with Crippen LogP contribution in [0.2, 0.25) is 0 Å². The van der Waals surface area contributed by atoms with Crippen molar-refractivity contribution in [1.29, 1.82) is 5.26 Å². The van der Waals surface area contributed by atoms with E-state index >= 15 is 0 Å². The van der Waals surface area contributed by atoms with E-state index in [2.05, 4.69) is 10.3 Å². The Balaban J connectivity index is 0.00000210. The maximum atomic E-state index is 13.8. The molecule has 0 saturated carbocycles. The Morgan fingerprint density at radius 3 is 2.74 bits per heavy atom. The molecule has 0 spiro atoms. The van der Waals surface area contributed by atoms with E-state index in [1.54, 1.807) is 31.2 Å². The van der Waals surface area contributed by atoms with Crippen LogP contribution in [-0.4, -0.2) is 10.9 Å². The predicted molar refractivity (Wildman–Crippen MR) is 100 cm³/mol. The van der Waals surface area contributed by atoms with Crippen LogP contribution < -0.4 is 10.9 Å². The third-order valence-corrected chi connectivity index (χ3v) is 4.21. The molecule has 0 aliphatic heterocycles. The van der Waals surface area contributed by atoms with Crippen LogP contribution >= 0.6 is 0 Å². The molecular weight excluding hydrogens is 352 g/mol. The number of nitriles is 1. The molecule has 3 rings (SSSR count). The molecule has 1 aromatic heterocycles. The van der Waals surface area contributed by atoms with E-state index in [0.717, 1.165) is 12.1 Å². The number of nitrogens with zero attached hydrogens (tertiary/aromatic N) is 1. The van der Waals surface area contributed by atoms with Crippen molar-refractivity contribution in [3.8, 4) is 6.07 Å². The first kappa shape index (κ1) is 18.3. The van der Waals surface area contributed by atoms with Crippen molar-refractivity contribution < 1.29 is 16.4 Å². The lowest BCUT2D eigenvalue weighted by Gasteiger charge is -2.15. The minimum absolute atomic E-state index is 0. The maximum absolute atomic E-state index is 13.8. The van der Waals surface area contributed by atoms with E-state index in [0.29, 0.717) is 16.5 Å². The molecule has 2 N–H and O–H groups in total. The van der Waals surface area contributed by atoms with E-state index in [-0.39, 0.29) is 20.4 Å². The Bertz CT molecular complexity index is 1140. The van der Waals surface area contributed by atoms with Crippen LogP contribution in [0.1, 0.15) is 32.5 Å². The van der Waals surface area contributed by atoms with Gasteiger partial charge in [0, 0.05) is 25.6 Å². The lowest BCUT2D eigenvalue weighted by atomic mass is 10.1. The number of carbonyl (C=O) groups excluding carboxylic acids is 1. The van der Waals surface area contributed by atoms with Crippen LogP contribution in [-0.2, 0) is 11.2 Å². The summed E-state index contributed by atoms with van der Waals surface area (Å²) in [6.45, 7) is 1.57. The zero-order valence-corrected chi connectivity index (χ0v) is 14.3. The van der Waals surface area contributed by atoms with Crippen LogP contribution in [0.5, 0.6) is 0 Å². The third-order valence-electron chi connectivity index (χ3n) is 4.21. The first-order valence-corrected chi connectivity index (χ1v) is 8.18. The fourth-order valence-corrected chi connectivity index (χ4v) is 2.85. The van der Waals surface area contributed by atoms with Crippen molar-refractivity contribution in [2.45, 2.75) is 19.4 Å². The van der Waals surface area contributed by atoms with E-state index in [1.165, 1.54) is 6.07 Å². The van der Waals surface area contributed by atoms with Crippen molar-refractivity contribution in [1.82, 2.24) is 10.3 Å². The summed E-state index contributed by atoms with van der Waals surface area (Å²) in [4.78, 5) is 27.1. The standard InChI is InChI=1S/C20H15F2N3O2.2H2/c1-11(16-4-3-15(21)9-17(16)22)24-19(26)8-14-7-13-6-12(10-23)2-5-18(13)25-20(14)27;;/h2-7,9,11H,8H2,1H3,(H,24,26)(H,25,27);2*1H/t11-;;/m0../s1. The molecule has 2 aromatic carbocycles. The molecule has 1 heterocycles. The number of hydrogen-bond donors (Lipinski definition) is 2. The Morgan fingerprint density at radius 2 is 2.04 bits per heavy atom. The van der Waals surface area contributed by atoms with Gasteiger partial charge in [-0.15, -0.1) is 0 Å². The number of carbonyl (C=O) groups is 1. The number of H-pyrrole nitrogens is 1. The minimum Gasteiger partial charge on any atom is -0.349 e. The third kappa shape index (κ3) is 4.01. The highest BCUT2D eigenvalue weighted by Crippen LogP contribution is 2.18. The average molecular weight is 371 g/mol. The van der Waals surface area contributed by atoms with Gasteiger partial charge in [0.15, 0.2) is 0 Å². The smallest absolute Gasteiger partial charge is 0.252 e. The molecule has 27 heavy (non-hydrogen) atoms. The van der Waals surface area contributed by atoms with Crippen molar-refractivity contribution in [2.75, 3.05) is 0 Å². The Morgan fingerprint density at radius 1 is 1.26 bits per heavy atom. The summed E-state index contributed by atoms with van der Waals surface area (Å²) < 4.78 is 26.8. The number of fused-ring (bicyclic) bond motifs is 1. The van der Waals surface area contributed by atoms with Crippen molar-refractivity contribution in [3.05, 3.63) is 81.1 Å². The van der Waals surface area contributed by atoms with Gasteiger partial charge in [-0.1, -0.05) is 6.07 Å². The molecule has 0 aliphatic carbocycles. The van der Waals surface area contributed by atoms with Gasteiger partial charge in [-0.05, 0) is 42.6 Å². The fraction of sp³-hybridized carbons (Fsp3) is 0.150. The summed E-state index contributed by atoms with van der Waals surface area (Å²) in [5.74, 6) is -1.93. The molecule has 0 fully saturated rings. The zero-order chi connectivity index (χ0) is 19.6. The molecular formula is C20H19F2N3O2. The summed E-state index contributed by atoms with van der Waals surface area (Å²) in [6.07, 6.45) is -0.213. The second-order valence-electron chi connectivity index (χ2n) is 6.17. The molecule has 3 aromatic rings. The van der Waals surface area contributed by atoms with Crippen LogP contribution in [0.3, 0.4) is 0 Å². The number of nitrogens with one attached hydrogen (secondary N) is 2. The highest BCUT2D eigenvalue weighted by molar-refractivity contribution is 5.83. The first-order valence-electron chi connectivity index (χ1n) is 8.18. The SMILES string of the molecule is C[C@H](NC(=O)Cc1cc2cc(C#N)ccc2[nH]c1=O)c1ccc(F)cc1F.[HH].[HH]. The van der Waals surface area contributed by atoms with Gasteiger partial charge in [0.25, 0.3) is 5.56 Å². The van der Waals surface area contributed by atoms with Crippen LogP contribution in [0, 0.1) is 23.0 Å². The Hall–Kier alpha value is -3.53. The average Bonchev–Trinajstić information content (AvgIpc) is 2.61. The van der Waals surface area contributed by atoms with Crippen LogP contribution in [0.4, 0.5) is 8.78 Å². The normalized spacial score (nSPS) is 11.8. The summed E-state index contributed by atoms with van der Waals surface area (Å²) in [5.41, 5.74) is 0.955. The van der Waals surface area contributed by atoms with Gasteiger partial charge in [-0.25, -0.2) is 8.78 Å². The van der Waals surface area contributed by atoms with Gasteiger partial charge in [-0.3, -0.25) is 9.59 Å². The van der Waals surface area contributed by atoms with Gasteiger partial charge < -0.3 is 10.3 Å². The Kier molecular flexibility index (Phi) is 4.99. The second kappa shape index (κ2) is 7.38. The zero-order valence-electron chi connectivity index (χ0n) is 14.3. The molecule has 1 amide bonds. The summed E-state index contributed by atoms with van der Waals surface area (Å²) >= 11 is 0. The Labute approximate surface area is 156 Å². The number of halogens is 2. The predicted octanol–water partition coefficient (Wildman–Crippen LogP) is 3.59. The number of aromatic amines is 1. The molecule has 0 aliphatic rings. The number of benzene rings is 2. The number of rotatable bonds is 4. The number of aromatic nitrogens is 1. The number of amides is 1. The van der Waals surface area contributed by atoms with Crippen LogP contribution in [0.15, 0.2) is 47.3 Å². The summed E-state index contributed by atoms with van der Waals surface area (Å²) in [5, 5.41) is 12.2. The lowest BCUT2D eigenvalue weighted by molar-refractivity contribution is -0.121. The van der Waals surface area contributed by atoms with Gasteiger partial charge in [0.1, 0.15) is 11.6 Å². The molecule has 0 saturated heterocycles. The van der Waals surface area contributed by atoms with Crippen molar-refractivity contribution in [2.24, 2.45) is 0 Å². The van der Waals surface area contributed by atoms with E-state index in [1.807, 2.05) is 6.07 Å².